The lowest BCUT2D eigenvalue weighted by atomic mass is 9.94. The number of nitrogens with one attached hydrogen (secondary N) is 1. The number of sulfonamides is 1. The second-order valence-electron chi connectivity index (χ2n) is 3.63. The molecular weight excluding hydrogens is 190 g/mol. The predicted molar refractivity (Wildman–Crippen MR) is 51.0 cm³/mol. The molecular formula is C8H17NO3S. The van der Waals surface area contributed by atoms with E-state index in [1.165, 1.54) is 6.26 Å². The van der Waals surface area contributed by atoms with Crippen molar-refractivity contribution in [3.8, 4) is 0 Å². The third-order valence-electron chi connectivity index (χ3n) is 2.37. The van der Waals surface area contributed by atoms with E-state index < -0.39 is 10.0 Å². The van der Waals surface area contributed by atoms with Gasteiger partial charge in [-0.2, -0.15) is 0 Å². The molecule has 0 amide bonds. The lowest BCUT2D eigenvalue weighted by Gasteiger charge is -2.27. The van der Waals surface area contributed by atoms with Crippen molar-refractivity contribution in [1.29, 1.82) is 0 Å². The predicted octanol–water partition coefficient (Wildman–Crippen LogP) is 0.351. The Labute approximate surface area is 79.7 Å². The Morgan fingerprint density at radius 2 is 1.92 bits per heavy atom. The lowest BCUT2D eigenvalue weighted by molar-refractivity contribution is 0.0586. The quantitative estimate of drug-likeness (QED) is 0.726. The van der Waals surface area contributed by atoms with Crippen molar-refractivity contribution < 1.29 is 13.2 Å². The lowest BCUT2D eigenvalue weighted by Crippen LogP contribution is -2.39. The molecule has 5 heteroatoms. The van der Waals surface area contributed by atoms with Gasteiger partial charge in [-0.15, -0.1) is 0 Å². The van der Waals surface area contributed by atoms with Crippen molar-refractivity contribution >= 4 is 10.0 Å². The molecule has 1 saturated heterocycles. The molecule has 1 atom stereocenters. The van der Waals surface area contributed by atoms with Gasteiger partial charge in [0.25, 0.3) is 0 Å². The summed E-state index contributed by atoms with van der Waals surface area (Å²) in [5, 5.41) is 0. The molecule has 0 aromatic heterocycles. The van der Waals surface area contributed by atoms with Gasteiger partial charge in [-0.3, -0.25) is 0 Å². The summed E-state index contributed by atoms with van der Waals surface area (Å²) in [7, 11) is -3.06. The highest BCUT2D eigenvalue weighted by molar-refractivity contribution is 7.88. The summed E-state index contributed by atoms with van der Waals surface area (Å²) in [6.07, 6.45) is 3.09. The number of hydrogen-bond donors (Lipinski definition) is 1. The first-order valence-corrected chi connectivity index (χ1v) is 6.43. The summed E-state index contributed by atoms with van der Waals surface area (Å²) in [5.74, 6) is 0.420. The van der Waals surface area contributed by atoms with Crippen molar-refractivity contribution in [2.45, 2.75) is 25.8 Å². The summed E-state index contributed by atoms with van der Waals surface area (Å²) in [6.45, 7) is 3.41. The van der Waals surface area contributed by atoms with Gasteiger partial charge in [-0.1, -0.05) is 0 Å². The van der Waals surface area contributed by atoms with Crippen LogP contribution in [0.25, 0.3) is 0 Å². The van der Waals surface area contributed by atoms with Crippen LogP contribution in [0, 0.1) is 5.92 Å². The minimum Gasteiger partial charge on any atom is -0.381 e. The van der Waals surface area contributed by atoms with E-state index in [2.05, 4.69) is 4.72 Å². The molecule has 0 aromatic rings. The Bertz CT molecular complexity index is 244. The van der Waals surface area contributed by atoms with Gasteiger partial charge in [0.15, 0.2) is 0 Å². The molecule has 13 heavy (non-hydrogen) atoms. The largest absolute Gasteiger partial charge is 0.381 e. The molecule has 1 rings (SSSR count). The van der Waals surface area contributed by atoms with Crippen LogP contribution in [-0.4, -0.2) is 33.9 Å². The maximum atomic E-state index is 10.9. The second-order valence-corrected chi connectivity index (χ2v) is 5.41. The zero-order valence-corrected chi connectivity index (χ0v) is 8.93. The molecule has 1 fully saturated rings. The van der Waals surface area contributed by atoms with Crippen LogP contribution >= 0.6 is 0 Å². The zero-order chi connectivity index (χ0) is 9.90. The van der Waals surface area contributed by atoms with E-state index in [1.807, 2.05) is 6.92 Å². The summed E-state index contributed by atoms with van der Waals surface area (Å²) >= 11 is 0. The summed E-state index contributed by atoms with van der Waals surface area (Å²) in [6, 6.07) is 0.0268. The highest BCUT2D eigenvalue weighted by Crippen LogP contribution is 2.18. The Morgan fingerprint density at radius 1 is 1.38 bits per heavy atom. The van der Waals surface area contributed by atoms with Crippen LogP contribution in [0.15, 0.2) is 0 Å². The van der Waals surface area contributed by atoms with Gasteiger partial charge in [0, 0.05) is 19.3 Å². The average molecular weight is 207 g/mol. The van der Waals surface area contributed by atoms with E-state index in [0.717, 1.165) is 26.1 Å². The van der Waals surface area contributed by atoms with Crippen LogP contribution in [0.2, 0.25) is 0 Å². The van der Waals surface area contributed by atoms with E-state index in [4.69, 9.17) is 4.74 Å². The van der Waals surface area contributed by atoms with Gasteiger partial charge in [-0.05, 0) is 25.7 Å². The molecule has 1 heterocycles. The molecule has 1 aliphatic heterocycles. The van der Waals surface area contributed by atoms with Crippen molar-refractivity contribution in [3.05, 3.63) is 0 Å². The van der Waals surface area contributed by atoms with Gasteiger partial charge >= 0.3 is 0 Å². The Morgan fingerprint density at radius 3 is 2.38 bits per heavy atom. The van der Waals surface area contributed by atoms with E-state index in [1.54, 1.807) is 0 Å². The fraction of sp³-hybridized carbons (Fsp3) is 1.00. The molecule has 0 aliphatic carbocycles. The van der Waals surface area contributed by atoms with E-state index in [9.17, 15) is 8.42 Å². The second kappa shape index (κ2) is 4.39. The molecule has 0 aromatic carbocycles. The van der Waals surface area contributed by atoms with Gasteiger partial charge < -0.3 is 4.74 Å². The Balaban J connectivity index is 2.42. The molecule has 4 nitrogen and oxygen atoms in total. The van der Waals surface area contributed by atoms with E-state index in [0.29, 0.717) is 5.92 Å². The highest BCUT2D eigenvalue weighted by Gasteiger charge is 2.22. The maximum Gasteiger partial charge on any atom is 0.208 e. The van der Waals surface area contributed by atoms with Crippen molar-refractivity contribution in [2.75, 3.05) is 19.5 Å². The fourth-order valence-corrected chi connectivity index (χ4v) is 2.52. The monoisotopic (exact) mass is 207 g/mol. The average Bonchev–Trinajstić information content (AvgIpc) is 2.03. The van der Waals surface area contributed by atoms with Gasteiger partial charge in [-0.25, -0.2) is 13.1 Å². The van der Waals surface area contributed by atoms with Crippen molar-refractivity contribution in [1.82, 2.24) is 4.72 Å². The molecule has 0 radical (unpaired) electrons. The molecule has 0 spiro atoms. The van der Waals surface area contributed by atoms with Crippen LogP contribution in [0.4, 0.5) is 0 Å². The zero-order valence-electron chi connectivity index (χ0n) is 8.12. The SMILES string of the molecule is CC(NS(C)(=O)=O)C1CCOCC1. The maximum absolute atomic E-state index is 10.9. The van der Waals surface area contributed by atoms with E-state index in [-0.39, 0.29) is 6.04 Å². The topological polar surface area (TPSA) is 55.4 Å². The summed E-state index contributed by atoms with van der Waals surface area (Å²) in [4.78, 5) is 0. The number of hydrogen-bond acceptors (Lipinski definition) is 3. The normalized spacial score (nSPS) is 22.9. The Kier molecular flexibility index (Phi) is 3.70. The standard InChI is InChI=1S/C8H17NO3S/c1-7(9-13(2,10)11)8-3-5-12-6-4-8/h7-9H,3-6H2,1-2H3. The van der Waals surface area contributed by atoms with Crippen LogP contribution < -0.4 is 4.72 Å². The summed E-state index contributed by atoms with van der Waals surface area (Å²) < 4.78 is 29.7. The third-order valence-corrected chi connectivity index (χ3v) is 3.17. The summed E-state index contributed by atoms with van der Waals surface area (Å²) in [5.41, 5.74) is 0. The molecule has 0 bridgehead atoms. The first-order valence-electron chi connectivity index (χ1n) is 4.54. The first kappa shape index (κ1) is 10.9. The molecule has 1 aliphatic rings. The van der Waals surface area contributed by atoms with Crippen LogP contribution in [0.5, 0.6) is 0 Å². The number of rotatable bonds is 3. The number of ether oxygens (including phenoxy) is 1. The van der Waals surface area contributed by atoms with Crippen LogP contribution in [0.1, 0.15) is 19.8 Å². The fourth-order valence-electron chi connectivity index (χ4n) is 1.65. The smallest absolute Gasteiger partial charge is 0.208 e. The van der Waals surface area contributed by atoms with Gasteiger partial charge in [0.1, 0.15) is 0 Å². The minimum absolute atomic E-state index is 0.0268. The van der Waals surface area contributed by atoms with Crippen LogP contribution in [0.3, 0.4) is 0 Å². The van der Waals surface area contributed by atoms with Gasteiger partial charge in [0.05, 0.1) is 6.26 Å². The van der Waals surface area contributed by atoms with Gasteiger partial charge in [0.2, 0.25) is 10.0 Å². The molecule has 1 N–H and O–H groups in total. The van der Waals surface area contributed by atoms with Crippen molar-refractivity contribution in [2.24, 2.45) is 5.92 Å². The molecule has 78 valence electrons. The van der Waals surface area contributed by atoms with Crippen LogP contribution in [-0.2, 0) is 14.8 Å². The van der Waals surface area contributed by atoms with E-state index >= 15 is 0 Å². The molecule has 1 unspecified atom stereocenters. The van der Waals surface area contributed by atoms with Crippen molar-refractivity contribution in [3.63, 3.8) is 0 Å². The molecule has 0 saturated carbocycles. The minimum atomic E-state index is -3.06. The highest BCUT2D eigenvalue weighted by atomic mass is 32.2. The third kappa shape index (κ3) is 4.06. The first-order chi connectivity index (χ1) is 5.99. The Hall–Kier alpha value is -0.130.